The lowest BCUT2D eigenvalue weighted by atomic mass is 9.90. The van der Waals surface area contributed by atoms with E-state index in [0.717, 1.165) is 5.56 Å². The predicted molar refractivity (Wildman–Crippen MR) is 174 cm³/mol. The second kappa shape index (κ2) is 18.9. The van der Waals surface area contributed by atoms with E-state index in [1.807, 2.05) is 30.3 Å². The third-order valence-corrected chi connectivity index (χ3v) is 8.19. The number of methoxy groups -OCH3 is 1. The minimum absolute atomic E-state index is 0.00955. The summed E-state index contributed by atoms with van der Waals surface area (Å²) in [5.41, 5.74) is 0.865. The smallest absolute Gasteiger partial charge is 0.407 e. The first-order valence-electron chi connectivity index (χ1n) is 16.6. The van der Waals surface area contributed by atoms with Gasteiger partial charge in [-0.1, -0.05) is 30.3 Å². The number of esters is 1. The van der Waals surface area contributed by atoms with Crippen molar-refractivity contribution in [1.29, 1.82) is 0 Å². The van der Waals surface area contributed by atoms with Crippen molar-refractivity contribution in [2.45, 2.75) is 88.4 Å². The topological polar surface area (TPSA) is 160 Å². The Balaban J connectivity index is 1.29. The number of ether oxygens (including phenoxy) is 6. The lowest BCUT2D eigenvalue weighted by molar-refractivity contribution is -0.329. The lowest BCUT2D eigenvalue weighted by Gasteiger charge is -2.47. The van der Waals surface area contributed by atoms with Crippen molar-refractivity contribution in [2.75, 3.05) is 33.4 Å². The Morgan fingerprint density at radius 2 is 1.71 bits per heavy atom. The average molecular weight is 688 g/mol. The summed E-state index contributed by atoms with van der Waals surface area (Å²) in [5, 5.41) is 8.01. The van der Waals surface area contributed by atoms with E-state index in [0.29, 0.717) is 37.9 Å². The van der Waals surface area contributed by atoms with E-state index in [4.69, 9.17) is 23.7 Å². The van der Waals surface area contributed by atoms with Gasteiger partial charge in [-0.15, -0.1) is 0 Å². The fourth-order valence-electron chi connectivity index (χ4n) is 5.82. The summed E-state index contributed by atoms with van der Waals surface area (Å²) in [6.07, 6.45) is 0.484. The molecule has 4 rings (SSSR count). The summed E-state index contributed by atoms with van der Waals surface area (Å²) in [4.78, 5) is 49.4. The Bertz CT molecular complexity index is 1370. The summed E-state index contributed by atoms with van der Waals surface area (Å²) in [6.45, 7) is 2.34. The number of nitrogens with one attached hydrogen (secondary N) is 3. The molecule has 2 saturated heterocycles. The monoisotopic (exact) mass is 687 g/mol. The van der Waals surface area contributed by atoms with E-state index in [1.165, 1.54) is 26.2 Å². The van der Waals surface area contributed by atoms with Gasteiger partial charge in [0, 0.05) is 32.2 Å². The normalized spacial score (nSPS) is 22.3. The van der Waals surface area contributed by atoms with Gasteiger partial charge >= 0.3 is 18.2 Å². The molecule has 0 radical (unpaired) electrons. The summed E-state index contributed by atoms with van der Waals surface area (Å²) >= 11 is 0. The van der Waals surface area contributed by atoms with Crippen LogP contribution in [0, 0.1) is 5.82 Å². The van der Waals surface area contributed by atoms with Crippen LogP contribution in [0.15, 0.2) is 54.6 Å². The lowest BCUT2D eigenvalue weighted by Crippen LogP contribution is -2.54. The van der Waals surface area contributed by atoms with Gasteiger partial charge in [0.05, 0.1) is 25.9 Å². The zero-order chi connectivity index (χ0) is 35.1. The molecular weight excluding hydrogens is 641 g/mol. The van der Waals surface area contributed by atoms with Crippen LogP contribution >= 0.6 is 0 Å². The first-order chi connectivity index (χ1) is 23.6. The molecule has 2 aliphatic heterocycles. The zero-order valence-electron chi connectivity index (χ0n) is 28.0. The van der Waals surface area contributed by atoms with Crippen LogP contribution in [0.4, 0.5) is 14.0 Å². The Morgan fingerprint density at radius 3 is 2.47 bits per heavy atom. The van der Waals surface area contributed by atoms with Gasteiger partial charge in [-0.05, 0) is 62.4 Å². The largest absolute Gasteiger partial charge is 0.492 e. The molecule has 2 aromatic carbocycles. The Hall–Kier alpha value is -4.43. The molecule has 0 aromatic heterocycles. The van der Waals surface area contributed by atoms with Crippen molar-refractivity contribution in [3.63, 3.8) is 0 Å². The first-order valence-corrected chi connectivity index (χ1v) is 16.6. The standard InChI is InChI=1S/C35H46FN3O10/c1-24(32(41)44-2)39-31(40)15-14-28-21-30(47-34(43)37-18-16-25-10-12-26(36)13-11-25)22-35(48-28)17-6-9-29(49-35)23-46-33(42)38-19-20-45-27-7-4-3-5-8-27/h3-5,7-8,10-13,24,28-30H,6,9,14-23H2,1-2H3,(H,37,43)(H,38,42)(H,39,40)/t24-,28?,29?,30?,35?/m0/s1. The van der Waals surface area contributed by atoms with Crippen molar-refractivity contribution >= 4 is 24.1 Å². The van der Waals surface area contributed by atoms with Gasteiger partial charge in [-0.2, -0.15) is 0 Å². The van der Waals surface area contributed by atoms with Gasteiger partial charge < -0.3 is 44.4 Å². The van der Waals surface area contributed by atoms with Crippen LogP contribution in [0.2, 0.25) is 0 Å². The summed E-state index contributed by atoms with van der Waals surface area (Å²) in [7, 11) is 1.25. The molecule has 4 unspecified atom stereocenters. The maximum absolute atomic E-state index is 13.2. The highest BCUT2D eigenvalue weighted by molar-refractivity contribution is 5.84. The Labute approximate surface area is 285 Å². The Kier molecular flexibility index (Phi) is 14.5. The minimum atomic E-state index is -1.12. The SMILES string of the molecule is COC(=O)[C@H](C)NC(=O)CCC1CC(OC(=O)NCCc2ccc(F)cc2)CC2(CCCC(COC(=O)NCCOc3ccccc3)O2)O1. The average Bonchev–Trinajstić information content (AvgIpc) is 3.09. The molecule has 49 heavy (non-hydrogen) atoms. The van der Waals surface area contributed by atoms with Crippen LogP contribution in [0.5, 0.6) is 5.75 Å². The number of carbonyl (C=O) groups excluding carboxylic acids is 4. The number of carbonyl (C=O) groups is 4. The third-order valence-electron chi connectivity index (χ3n) is 8.19. The summed E-state index contributed by atoms with van der Waals surface area (Å²) in [5.74, 6) is -1.66. The van der Waals surface area contributed by atoms with Gasteiger partial charge in [0.25, 0.3) is 0 Å². The molecule has 14 heteroatoms. The molecule has 0 saturated carbocycles. The maximum atomic E-state index is 13.2. The van der Waals surface area contributed by atoms with Crippen molar-refractivity contribution in [2.24, 2.45) is 0 Å². The number of alkyl carbamates (subject to hydrolysis) is 2. The third kappa shape index (κ3) is 12.8. The number of amides is 3. The molecule has 0 aliphatic carbocycles. The molecule has 1 spiro atoms. The number of hydrogen-bond acceptors (Lipinski definition) is 10. The molecule has 2 aliphatic rings. The van der Waals surface area contributed by atoms with Gasteiger partial charge in [-0.3, -0.25) is 4.79 Å². The molecule has 2 aromatic rings. The number of hydrogen-bond donors (Lipinski definition) is 3. The highest BCUT2D eigenvalue weighted by atomic mass is 19.1. The molecule has 2 heterocycles. The number of para-hydroxylation sites is 1. The first kappa shape index (κ1) is 37.4. The van der Waals surface area contributed by atoms with E-state index in [9.17, 15) is 23.6 Å². The molecule has 268 valence electrons. The minimum Gasteiger partial charge on any atom is -0.492 e. The van der Waals surface area contributed by atoms with Crippen molar-refractivity contribution in [3.05, 3.63) is 66.0 Å². The molecule has 2 fully saturated rings. The second-order valence-corrected chi connectivity index (χ2v) is 12.1. The van der Waals surface area contributed by atoms with Crippen LogP contribution in [-0.4, -0.2) is 87.6 Å². The second-order valence-electron chi connectivity index (χ2n) is 12.1. The van der Waals surface area contributed by atoms with E-state index in [-0.39, 0.29) is 57.3 Å². The van der Waals surface area contributed by atoms with Crippen LogP contribution < -0.4 is 20.7 Å². The summed E-state index contributed by atoms with van der Waals surface area (Å²) in [6, 6.07) is 14.5. The zero-order valence-corrected chi connectivity index (χ0v) is 28.0. The van der Waals surface area contributed by atoms with E-state index >= 15 is 0 Å². The van der Waals surface area contributed by atoms with Gasteiger partial charge in [0.15, 0.2) is 5.79 Å². The quantitative estimate of drug-likeness (QED) is 0.141. The van der Waals surface area contributed by atoms with E-state index in [1.54, 1.807) is 12.1 Å². The summed E-state index contributed by atoms with van der Waals surface area (Å²) < 4.78 is 47.5. The molecule has 5 atom stereocenters. The van der Waals surface area contributed by atoms with E-state index in [2.05, 4.69) is 20.7 Å². The Morgan fingerprint density at radius 1 is 0.980 bits per heavy atom. The van der Waals surface area contributed by atoms with Crippen molar-refractivity contribution in [3.8, 4) is 5.75 Å². The van der Waals surface area contributed by atoms with Crippen LogP contribution in [0.3, 0.4) is 0 Å². The predicted octanol–water partition coefficient (Wildman–Crippen LogP) is 4.17. The fourth-order valence-corrected chi connectivity index (χ4v) is 5.82. The molecule has 3 amide bonds. The van der Waals surface area contributed by atoms with Crippen molar-refractivity contribution in [1.82, 2.24) is 16.0 Å². The highest BCUT2D eigenvalue weighted by Gasteiger charge is 2.47. The van der Waals surface area contributed by atoms with Gasteiger partial charge in [-0.25, -0.2) is 18.8 Å². The fraction of sp³-hybridized carbons (Fsp3) is 0.543. The van der Waals surface area contributed by atoms with Crippen LogP contribution in [-0.2, 0) is 39.7 Å². The molecular formula is C35H46FN3O10. The van der Waals surface area contributed by atoms with Gasteiger partial charge in [0.1, 0.15) is 36.9 Å². The van der Waals surface area contributed by atoms with E-state index < -0.39 is 48.3 Å². The number of benzene rings is 2. The van der Waals surface area contributed by atoms with Crippen LogP contribution in [0.25, 0.3) is 0 Å². The molecule has 0 bridgehead atoms. The molecule has 3 N–H and O–H groups in total. The maximum Gasteiger partial charge on any atom is 0.407 e. The van der Waals surface area contributed by atoms with Crippen molar-refractivity contribution < 1.29 is 52.0 Å². The van der Waals surface area contributed by atoms with Crippen LogP contribution in [0.1, 0.15) is 57.4 Å². The van der Waals surface area contributed by atoms with Gasteiger partial charge in [0.2, 0.25) is 5.91 Å². The number of rotatable bonds is 15. The highest BCUT2D eigenvalue weighted by Crippen LogP contribution is 2.41. The molecule has 13 nitrogen and oxygen atoms in total. The number of halogens is 1.